The predicted molar refractivity (Wildman–Crippen MR) is 80.7 cm³/mol. The first-order valence-corrected chi connectivity index (χ1v) is 6.69. The maximum absolute atomic E-state index is 5.98. The number of halogens is 2. The summed E-state index contributed by atoms with van der Waals surface area (Å²) in [6, 6.07) is 6.20. The lowest BCUT2D eigenvalue weighted by Crippen LogP contribution is -2.24. The number of aryl methyl sites for hydroxylation is 1. The minimum Gasteiger partial charge on any atom is -0.319 e. The average molecular weight is 289 g/mol. The van der Waals surface area contributed by atoms with E-state index >= 15 is 0 Å². The fraction of sp³-hybridized carbons (Fsp3) is 0.571. The molecule has 0 radical (unpaired) electrons. The zero-order chi connectivity index (χ0) is 12.3. The Labute approximate surface area is 121 Å². The second kappa shape index (κ2) is 7.34. The molecule has 1 unspecified atom stereocenters. The third-order valence-electron chi connectivity index (χ3n) is 3.56. The molecule has 0 saturated carbocycles. The van der Waals surface area contributed by atoms with Gasteiger partial charge in [-0.2, -0.15) is 0 Å². The highest BCUT2D eigenvalue weighted by molar-refractivity contribution is 6.30. The average Bonchev–Trinajstić information content (AvgIpc) is 2.71. The molecule has 2 rings (SSSR count). The maximum Gasteiger partial charge on any atom is 0.0408 e. The molecule has 1 heterocycles. The Kier molecular flexibility index (Phi) is 6.44. The molecule has 4 heteroatoms. The molecule has 1 aromatic rings. The Hall–Kier alpha value is -0.280. The summed E-state index contributed by atoms with van der Waals surface area (Å²) in [5, 5.41) is 4.10. The van der Waals surface area contributed by atoms with E-state index < -0.39 is 0 Å². The van der Waals surface area contributed by atoms with E-state index in [1.165, 1.54) is 30.6 Å². The van der Waals surface area contributed by atoms with E-state index in [0.717, 1.165) is 24.0 Å². The van der Waals surface area contributed by atoms with Crippen molar-refractivity contribution in [3.63, 3.8) is 0 Å². The topological polar surface area (TPSA) is 15.3 Å². The van der Waals surface area contributed by atoms with Crippen LogP contribution in [0.3, 0.4) is 0 Å². The standard InChI is InChI=1S/C14H21ClN2.ClH/c1-11-7-14(15)4-3-13(11)10-17-6-5-12(9-17)8-16-2;/h3-4,7,12,16H,5-6,8-10H2,1-2H3;1H. The second-order valence-electron chi connectivity index (χ2n) is 5.02. The summed E-state index contributed by atoms with van der Waals surface area (Å²) in [4.78, 5) is 2.54. The van der Waals surface area contributed by atoms with Crippen LogP contribution in [0, 0.1) is 12.8 Å². The SMILES string of the molecule is CNCC1CCN(Cc2ccc(Cl)cc2C)C1.Cl. The van der Waals surface area contributed by atoms with Crippen LogP contribution in [0.2, 0.25) is 5.02 Å². The van der Waals surface area contributed by atoms with E-state index in [4.69, 9.17) is 11.6 Å². The van der Waals surface area contributed by atoms with Gasteiger partial charge in [0, 0.05) is 18.1 Å². The molecule has 1 N–H and O–H groups in total. The van der Waals surface area contributed by atoms with Crippen molar-refractivity contribution in [2.24, 2.45) is 5.92 Å². The number of nitrogens with zero attached hydrogens (tertiary/aromatic N) is 1. The van der Waals surface area contributed by atoms with Crippen LogP contribution in [0.1, 0.15) is 17.5 Å². The van der Waals surface area contributed by atoms with Crippen LogP contribution in [0.4, 0.5) is 0 Å². The minimum absolute atomic E-state index is 0. The highest BCUT2D eigenvalue weighted by Crippen LogP contribution is 2.21. The van der Waals surface area contributed by atoms with Gasteiger partial charge in [-0.05, 0) is 62.7 Å². The largest absolute Gasteiger partial charge is 0.319 e. The number of benzene rings is 1. The van der Waals surface area contributed by atoms with Crippen molar-refractivity contribution in [1.29, 1.82) is 0 Å². The first-order valence-electron chi connectivity index (χ1n) is 6.31. The van der Waals surface area contributed by atoms with E-state index in [2.05, 4.69) is 29.3 Å². The van der Waals surface area contributed by atoms with Gasteiger partial charge in [0.15, 0.2) is 0 Å². The molecule has 0 spiro atoms. The van der Waals surface area contributed by atoms with Crippen LogP contribution in [0.5, 0.6) is 0 Å². The molecule has 0 aromatic heterocycles. The first-order chi connectivity index (χ1) is 8.19. The van der Waals surface area contributed by atoms with Gasteiger partial charge < -0.3 is 5.32 Å². The maximum atomic E-state index is 5.98. The van der Waals surface area contributed by atoms with E-state index in [-0.39, 0.29) is 12.4 Å². The fourth-order valence-electron chi connectivity index (χ4n) is 2.59. The Morgan fingerprint density at radius 2 is 2.22 bits per heavy atom. The van der Waals surface area contributed by atoms with Gasteiger partial charge in [-0.15, -0.1) is 12.4 Å². The van der Waals surface area contributed by atoms with Crippen molar-refractivity contribution in [2.75, 3.05) is 26.7 Å². The predicted octanol–water partition coefficient (Wildman–Crippen LogP) is 3.11. The molecular formula is C14H22Cl2N2. The van der Waals surface area contributed by atoms with Crippen molar-refractivity contribution in [3.8, 4) is 0 Å². The molecule has 2 nitrogen and oxygen atoms in total. The third kappa shape index (κ3) is 4.13. The van der Waals surface area contributed by atoms with Gasteiger partial charge in [0.25, 0.3) is 0 Å². The van der Waals surface area contributed by atoms with Crippen LogP contribution >= 0.6 is 24.0 Å². The molecule has 1 aliphatic rings. The van der Waals surface area contributed by atoms with Crippen molar-refractivity contribution in [1.82, 2.24) is 10.2 Å². The summed E-state index contributed by atoms with van der Waals surface area (Å²) < 4.78 is 0. The summed E-state index contributed by atoms with van der Waals surface area (Å²) in [7, 11) is 2.03. The lowest BCUT2D eigenvalue weighted by molar-refractivity contribution is 0.315. The smallest absolute Gasteiger partial charge is 0.0408 e. The summed E-state index contributed by atoms with van der Waals surface area (Å²) in [6.07, 6.45) is 1.31. The zero-order valence-corrected chi connectivity index (χ0v) is 12.7. The molecule has 1 fully saturated rings. The second-order valence-corrected chi connectivity index (χ2v) is 5.45. The van der Waals surface area contributed by atoms with Crippen LogP contribution in [0.25, 0.3) is 0 Å². The van der Waals surface area contributed by atoms with Crippen LogP contribution in [0.15, 0.2) is 18.2 Å². The van der Waals surface area contributed by atoms with E-state index in [0.29, 0.717) is 0 Å². The van der Waals surface area contributed by atoms with Gasteiger partial charge in [0.05, 0.1) is 0 Å². The van der Waals surface area contributed by atoms with Gasteiger partial charge in [-0.1, -0.05) is 17.7 Å². The summed E-state index contributed by atoms with van der Waals surface area (Å²) in [5.41, 5.74) is 2.70. The number of nitrogens with one attached hydrogen (secondary N) is 1. The Balaban J connectivity index is 0.00000162. The van der Waals surface area contributed by atoms with Crippen LogP contribution in [-0.4, -0.2) is 31.6 Å². The van der Waals surface area contributed by atoms with Gasteiger partial charge in [0.1, 0.15) is 0 Å². The quantitative estimate of drug-likeness (QED) is 0.916. The molecule has 1 atom stereocenters. The monoisotopic (exact) mass is 288 g/mol. The Morgan fingerprint density at radius 1 is 1.44 bits per heavy atom. The zero-order valence-electron chi connectivity index (χ0n) is 11.1. The lowest BCUT2D eigenvalue weighted by atomic mass is 10.1. The molecule has 0 amide bonds. The Morgan fingerprint density at radius 3 is 2.89 bits per heavy atom. The van der Waals surface area contributed by atoms with Gasteiger partial charge in [-0.3, -0.25) is 4.90 Å². The summed E-state index contributed by atoms with van der Waals surface area (Å²) in [6.45, 7) is 6.76. The first kappa shape index (κ1) is 15.8. The number of likely N-dealkylation sites (tertiary alicyclic amines) is 1. The fourth-order valence-corrected chi connectivity index (χ4v) is 2.82. The summed E-state index contributed by atoms with van der Waals surface area (Å²) >= 11 is 5.98. The van der Waals surface area contributed by atoms with Crippen molar-refractivity contribution in [2.45, 2.75) is 19.9 Å². The van der Waals surface area contributed by atoms with Crippen molar-refractivity contribution in [3.05, 3.63) is 34.3 Å². The summed E-state index contributed by atoms with van der Waals surface area (Å²) in [5.74, 6) is 0.813. The highest BCUT2D eigenvalue weighted by Gasteiger charge is 2.21. The Bertz CT molecular complexity index is 382. The van der Waals surface area contributed by atoms with Crippen LogP contribution in [-0.2, 0) is 6.54 Å². The molecule has 1 saturated heterocycles. The molecule has 0 aliphatic carbocycles. The molecule has 102 valence electrons. The molecule has 1 aliphatic heterocycles. The number of rotatable bonds is 4. The molecular weight excluding hydrogens is 267 g/mol. The van der Waals surface area contributed by atoms with Crippen molar-refractivity contribution < 1.29 is 0 Å². The van der Waals surface area contributed by atoms with Gasteiger partial charge in [0.2, 0.25) is 0 Å². The normalized spacial score (nSPS) is 19.8. The van der Waals surface area contributed by atoms with Gasteiger partial charge in [-0.25, -0.2) is 0 Å². The lowest BCUT2D eigenvalue weighted by Gasteiger charge is -2.17. The highest BCUT2D eigenvalue weighted by atomic mass is 35.5. The van der Waals surface area contributed by atoms with Gasteiger partial charge >= 0.3 is 0 Å². The third-order valence-corrected chi connectivity index (χ3v) is 3.80. The van der Waals surface area contributed by atoms with Crippen molar-refractivity contribution >= 4 is 24.0 Å². The molecule has 0 bridgehead atoms. The number of hydrogen-bond donors (Lipinski definition) is 1. The van der Waals surface area contributed by atoms with E-state index in [1.807, 2.05) is 13.1 Å². The molecule has 18 heavy (non-hydrogen) atoms. The number of hydrogen-bond acceptors (Lipinski definition) is 2. The minimum atomic E-state index is 0. The van der Waals surface area contributed by atoms with E-state index in [1.54, 1.807) is 0 Å². The van der Waals surface area contributed by atoms with E-state index in [9.17, 15) is 0 Å². The van der Waals surface area contributed by atoms with Crippen LogP contribution < -0.4 is 5.32 Å². The molecule has 1 aromatic carbocycles.